The van der Waals surface area contributed by atoms with Crippen LogP contribution in [0.4, 0.5) is 4.79 Å². The van der Waals surface area contributed by atoms with E-state index in [1.54, 1.807) is 6.92 Å². The van der Waals surface area contributed by atoms with Crippen molar-refractivity contribution in [1.82, 2.24) is 10.2 Å². The standard InChI is InChI=1S/C12H20N2O6/c1-2-14(7-8-4-3-5-20-8)12(19)13-9(11(17)18)6-10(15)16/h8-9H,2-7H2,1H3,(H,13,19)(H,15,16)(H,17,18). The first-order valence-electron chi connectivity index (χ1n) is 6.55. The van der Waals surface area contributed by atoms with Crippen molar-refractivity contribution < 1.29 is 29.3 Å². The summed E-state index contributed by atoms with van der Waals surface area (Å²) in [4.78, 5) is 34.9. The van der Waals surface area contributed by atoms with E-state index >= 15 is 0 Å². The van der Waals surface area contributed by atoms with Gasteiger partial charge in [0.2, 0.25) is 0 Å². The summed E-state index contributed by atoms with van der Waals surface area (Å²) in [5.74, 6) is -2.64. The molecule has 0 bridgehead atoms. The molecule has 0 aromatic carbocycles. The van der Waals surface area contributed by atoms with Gasteiger partial charge in [0.15, 0.2) is 0 Å². The fraction of sp³-hybridized carbons (Fsp3) is 0.750. The van der Waals surface area contributed by atoms with Crippen molar-refractivity contribution >= 4 is 18.0 Å². The number of rotatable bonds is 7. The Bertz CT molecular complexity index is 367. The van der Waals surface area contributed by atoms with E-state index in [9.17, 15) is 14.4 Å². The Morgan fingerprint density at radius 2 is 2.10 bits per heavy atom. The second-order valence-electron chi connectivity index (χ2n) is 4.61. The zero-order valence-corrected chi connectivity index (χ0v) is 11.4. The molecule has 0 aliphatic carbocycles. The Hall–Kier alpha value is -1.83. The van der Waals surface area contributed by atoms with E-state index in [0.717, 1.165) is 12.8 Å². The summed E-state index contributed by atoms with van der Waals surface area (Å²) >= 11 is 0. The second-order valence-corrected chi connectivity index (χ2v) is 4.61. The molecular formula is C12H20N2O6. The number of amides is 2. The van der Waals surface area contributed by atoms with Crippen LogP contribution in [0.25, 0.3) is 0 Å². The lowest BCUT2D eigenvalue weighted by atomic mass is 10.2. The van der Waals surface area contributed by atoms with E-state index in [2.05, 4.69) is 5.32 Å². The number of hydrogen-bond donors (Lipinski definition) is 3. The molecule has 114 valence electrons. The van der Waals surface area contributed by atoms with Crippen molar-refractivity contribution in [1.29, 1.82) is 0 Å². The number of carboxylic acids is 2. The van der Waals surface area contributed by atoms with E-state index < -0.39 is 30.4 Å². The lowest BCUT2D eigenvalue weighted by molar-refractivity contribution is -0.145. The summed E-state index contributed by atoms with van der Waals surface area (Å²) in [6, 6.07) is -2.02. The highest BCUT2D eigenvalue weighted by molar-refractivity contribution is 5.86. The van der Waals surface area contributed by atoms with Crippen molar-refractivity contribution in [3.8, 4) is 0 Å². The average molecular weight is 288 g/mol. The summed E-state index contributed by atoms with van der Waals surface area (Å²) < 4.78 is 5.42. The maximum Gasteiger partial charge on any atom is 0.326 e. The molecule has 0 aromatic heterocycles. The average Bonchev–Trinajstić information content (AvgIpc) is 2.87. The number of aliphatic carboxylic acids is 2. The van der Waals surface area contributed by atoms with Crippen molar-refractivity contribution in [3.63, 3.8) is 0 Å². The van der Waals surface area contributed by atoms with Crippen LogP contribution in [0.1, 0.15) is 26.2 Å². The van der Waals surface area contributed by atoms with Crippen LogP contribution >= 0.6 is 0 Å². The van der Waals surface area contributed by atoms with Crippen molar-refractivity contribution in [2.75, 3.05) is 19.7 Å². The first-order valence-corrected chi connectivity index (χ1v) is 6.55. The molecule has 2 amide bonds. The van der Waals surface area contributed by atoms with Crippen LogP contribution < -0.4 is 5.32 Å². The van der Waals surface area contributed by atoms with Crippen molar-refractivity contribution in [2.45, 2.75) is 38.3 Å². The van der Waals surface area contributed by atoms with Crippen molar-refractivity contribution in [3.05, 3.63) is 0 Å². The number of nitrogens with zero attached hydrogens (tertiary/aromatic N) is 1. The van der Waals surface area contributed by atoms with E-state index in [1.165, 1.54) is 4.90 Å². The Labute approximate surface area is 116 Å². The third-order valence-electron chi connectivity index (χ3n) is 3.09. The normalized spacial score (nSPS) is 19.4. The number of likely N-dealkylation sites (N-methyl/N-ethyl adjacent to an activating group) is 1. The molecule has 0 saturated carbocycles. The predicted molar refractivity (Wildman–Crippen MR) is 68.4 cm³/mol. The minimum atomic E-state index is -1.43. The van der Waals surface area contributed by atoms with Gasteiger partial charge in [0.25, 0.3) is 0 Å². The molecule has 8 heteroatoms. The summed E-state index contributed by atoms with van der Waals surface area (Å²) in [6.07, 6.45) is 1.11. The van der Waals surface area contributed by atoms with Gasteiger partial charge in [-0.2, -0.15) is 0 Å². The molecule has 1 fully saturated rings. The first kappa shape index (κ1) is 16.2. The fourth-order valence-corrected chi connectivity index (χ4v) is 2.00. The maximum atomic E-state index is 12.0. The van der Waals surface area contributed by atoms with Gasteiger partial charge in [-0.15, -0.1) is 0 Å². The molecule has 0 radical (unpaired) electrons. The molecule has 1 heterocycles. The number of nitrogens with one attached hydrogen (secondary N) is 1. The molecule has 1 rings (SSSR count). The Balaban J connectivity index is 2.55. The zero-order chi connectivity index (χ0) is 15.1. The first-order chi connectivity index (χ1) is 9.43. The minimum Gasteiger partial charge on any atom is -0.481 e. The monoisotopic (exact) mass is 288 g/mol. The maximum absolute atomic E-state index is 12.0. The highest BCUT2D eigenvalue weighted by atomic mass is 16.5. The number of ether oxygens (including phenoxy) is 1. The third-order valence-corrected chi connectivity index (χ3v) is 3.09. The molecule has 2 unspecified atom stereocenters. The quantitative estimate of drug-likeness (QED) is 0.613. The van der Waals surface area contributed by atoms with Gasteiger partial charge >= 0.3 is 18.0 Å². The molecule has 1 saturated heterocycles. The highest BCUT2D eigenvalue weighted by Crippen LogP contribution is 2.13. The van der Waals surface area contributed by atoms with Crippen LogP contribution in [0.15, 0.2) is 0 Å². The highest BCUT2D eigenvalue weighted by Gasteiger charge is 2.27. The largest absolute Gasteiger partial charge is 0.481 e. The second kappa shape index (κ2) is 7.68. The molecule has 3 N–H and O–H groups in total. The summed E-state index contributed by atoms with van der Waals surface area (Å²) in [7, 11) is 0. The third kappa shape index (κ3) is 5.04. The lowest BCUT2D eigenvalue weighted by Crippen LogP contribution is -2.50. The molecule has 0 aromatic rings. The molecule has 1 aliphatic heterocycles. The number of hydrogen-bond acceptors (Lipinski definition) is 4. The zero-order valence-electron chi connectivity index (χ0n) is 11.4. The van der Waals surface area contributed by atoms with Gasteiger partial charge in [0, 0.05) is 19.7 Å². The van der Waals surface area contributed by atoms with Gasteiger partial charge in [-0.3, -0.25) is 4.79 Å². The van der Waals surface area contributed by atoms with Crippen LogP contribution in [-0.2, 0) is 14.3 Å². The molecule has 20 heavy (non-hydrogen) atoms. The topological polar surface area (TPSA) is 116 Å². The van der Waals surface area contributed by atoms with Gasteiger partial charge in [-0.05, 0) is 19.8 Å². The predicted octanol–water partition coefficient (Wildman–Crippen LogP) is 0.125. The SMILES string of the molecule is CCN(CC1CCCO1)C(=O)NC(CC(=O)O)C(=O)O. The number of carbonyl (C=O) groups excluding carboxylic acids is 1. The Morgan fingerprint density at radius 1 is 1.40 bits per heavy atom. The number of carboxylic acid groups (broad SMARTS) is 2. The summed E-state index contributed by atoms with van der Waals surface area (Å²) in [5.41, 5.74) is 0. The molecule has 0 spiro atoms. The van der Waals surface area contributed by atoms with E-state index in [-0.39, 0.29) is 6.10 Å². The molecule has 8 nitrogen and oxygen atoms in total. The van der Waals surface area contributed by atoms with Crippen LogP contribution in [0.3, 0.4) is 0 Å². The minimum absolute atomic E-state index is 0.0385. The van der Waals surface area contributed by atoms with Crippen molar-refractivity contribution in [2.24, 2.45) is 0 Å². The van der Waals surface area contributed by atoms with E-state index in [0.29, 0.717) is 19.7 Å². The molecule has 1 aliphatic rings. The Morgan fingerprint density at radius 3 is 2.55 bits per heavy atom. The van der Waals surface area contributed by atoms with Crippen LogP contribution in [0.5, 0.6) is 0 Å². The smallest absolute Gasteiger partial charge is 0.326 e. The van der Waals surface area contributed by atoms with Crippen LogP contribution in [-0.4, -0.2) is 64.9 Å². The van der Waals surface area contributed by atoms with Crippen LogP contribution in [0, 0.1) is 0 Å². The molecule has 2 atom stereocenters. The van der Waals surface area contributed by atoms with Gasteiger partial charge in [0.1, 0.15) is 6.04 Å². The van der Waals surface area contributed by atoms with Gasteiger partial charge in [-0.1, -0.05) is 0 Å². The van der Waals surface area contributed by atoms with Gasteiger partial charge < -0.3 is 25.2 Å². The summed E-state index contributed by atoms with van der Waals surface area (Å²) in [5, 5.41) is 19.7. The van der Waals surface area contributed by atoms with Crippen LogP contribution in [0.2, 0.25) is 0 Å². The Kier molecular flexibility index (Phi) is 6.23. The molecular weight excluding hydrogens is 268 g/mol. The fourth-order valence-electron chi connectivity index (χ4n) is 2.00. The lowest BCUT2D eigenvalue weighted by Gasteiger charge is -2.25. The van der Waals surface area contributed by atoms with Gasteiger partial charge in [-0.25, -0.2) is 9.59 Å². The van der Waals surface area contributed by atoms with E-state index in [4.69, 9.17) is 14.9 Å². The number of carbonyl (C=O) groups is 3. The summed E-state index contributed by atoms with van der Waals surface area (Å²) in [6.45, 7) is 3.20. The van der Waals surface area contributed by atoms with Gasteiger partial charge in [0.05, 0.1) is 12.5 Å². The van der Waals surface area contributed by atoms with E-state index in [1.807, 2.05) is 0 Å². The number of urea groups is 1.